The number of benzene rings is 3. The maximum atomic E-state index is 13.3. The van der Waals surface area contributed by atoms with Crippen molar-refractivity contribution < 1.29 is 19.1 Å². The molecule has 1 saturated heterocycles. The van der Waals surface area contributed by atoms with Crippen LogP contribution in [0.2, 0.25) is 0 Å². The molecule has 32 heavy (non-hydrogen) atoms. The fourth-order valence-corrected chi connectivity index (χ4v) is 6.69. The van der Waals surface area contributed by atoms with Crippen LogP contribution in [-0.2, 0) is 31.1 Å². The molecule has 1 aliphatic heterocycles. The summed E-state index contributed by atoms with van der Waals surface area (Å²) in [5, 5.41) is 0. The van der Waals surface area contributed by atoms with E-state index < -0.39 is 28.7 Å². The predicted molar refractivity (Wildman–Crippen MR) is 119 cm³/mol. The quantitative estimate of drug-likeness (QED) is 0.448. The third-order valence-corrected chi connectivity index (χ3v) is 7.94. The van der Waals surface area contributed by atoms with Gasteiger partial charge < -0.3 is 9.47 Å². The Labute approximate surface area is 187 Å². The Morgan fingerprint density at radius 1 is 0.875 bits per heavy atom. The van der Waals surface area contributed by atoms with Crippen molar-refractivity contribution in [1.82, 2.24) is 0 Å². The van der Waals surface area contributed by atoms with E-state index in [1.54, 1.807) is 0 Å². The molecule has 0 saturated carbocycles. The number of carbonyl (C=O) groups is 2. The first-order valence-corrected chi connectivity index (χ1v) is 11.1. The van der Waals surface area contributed by atoms with Crippen LogP contribution in [0.25, 0.3) is 0 Å². The van der Waals surface area contributed by atoms with E-state index in [9.17, 15) is 9.59 Å². The van der Waals surface area contributed by atoms with Crippen LogP contribution in [0.15, 0.2) is 78.9 Å². The summed E-state index contributed by atoms with van der Waals surface area (Å²) in [7, 11) is 0. The molecule has 1 heterocycles. The molecule has 4 aliphatic rings. The minimum atomic E-state index is -0.968. The minimum Gasteiger partial charge on any atom is -0.392 e. The largest absolute Gasteiger partial charge is 0.392 e. The molecule has 0 spiro atoms. The van der Waals surface area contributed by atoms with Gasteiger partial charge in [-0.1, -0.05) is 78.9 Å². The first-order chi connectivity index (χ1) is 15.5. The molecule has 2 bridgehead atoms. The highest BCUT2D eigenvalue weighted by molar-refractivity contribution is 6.03. The molecule has 3 aliphatic carbocycles. The van der Waals surface area contributed by atoms with Gasteiger partial charge >= 0.3 is 11.9 Å². The van der Waals surface area contributed by atoms with Crippen molar-refractivity contribution in [2.75, 3.05) is 0 Å². The van der Waals surface area contributed by atoms with Gasteiger partial charge in [0.05, 0.1) is 29.5 Å². The lowest BCUT2D eigenvalue weighted by Gasteiger charge is -2.59. The molecular formula is C28H24O4. The van der Waals surface area contributed by atoms with E-state index in [2.05, 4.69) is 24.3 Å². The summed E-state index contributed by atoms with van der Waals surface area (Å²) in [6.07, 6.45) is -0.367. The van der Waals surface area contributed by atoms with Gasteiger partial charge in [-0.2, -0.15) is 0 Å². The molecule has 7 rings (SSSR count). The van der Waals surface area contributed by atoms with E-state index >= 15 is 0 Å². The van der Waals surface area contributed by atoms with Crippen LogP contribution in [0, 0.1) is 11.3 Å². The number of esters is 2. The van der Waals surface area contributed by atoms with E-state index in [0.717, 1.165) is 27.8 Å². The Morgan fingerprint density at radius 3 is 2.06 bits per heavy atom. The first-order valence-electron chi connectivity index (χ1n) is 11.1. The molecule has 4 nitrogen and oxygen atoms in total. The highest BCUT2D eigenvalue weighted by atomic mass is 16.6. The first kappa shape index (κ1) is 19.4. The number of rotatable bonds is 4. The SMILES string of the molecule is CC(OCc1ccccc1)C12c3ccccc3C(c3ccccc31)C1(C)C(=O)OC(=O)C12. The van der Waals surface area contributed by atoms with Crippen LogP contribution in [0.4, 0.5) is 0 Å². The standard InChI is InChI=1S/C28H24O4/c1-17(31-16-18-10-4-3-5-11-18)28-21-14-8-6-12-19(21)23(20-13-7-9-15-22(20)28)27(2)24(28)25(29)32-26(27)30/h3-15,17,23-24H,16H2,1-2H3. The molecule has 0 aromatic heterocycles. The number of cyclic esters (lactones) is 2. The lowest BCUT2D eigenvalue weighted by molar-refractivity contribution is -0.155. The highest BCUT2D eigenvalue weighted by Crippen LogP contribution is 2.70. The predicted octanol–water partition coefficient (Wildman–Crippen LogP) is 4.74. The number of carbonyl (C=O) groups excluding carboxylic acids is 2. The summed E-state index contributed by atoms with van der Waals surface area (Å²) >= 11 is 0. The average Bonchev–Trinajstić information content (AvgIpc) is 3.07. The van der Waals surface area contributed by atoms with Crippen molar-refractivity contribution in [3.05, 3.63) is 107 Å². The third kappa shape index (κ3) is 2.20. The Balaban J connectivity index is 1.61. The van der Waals surface area contributed by atoms with Gasteiger partial charge in [-0.3, -0.25) is 9.59 Å². The molecule has 160 valence electrons. The second-order valence-electron chi connectivity index (χ2n) is 9.34. The summed E-state index contributed by atoms with van der Waals surface area (Å²) < 4.78 is 11.9. The monoisotopic (exact) mass is 424 g/mol. The summed E-state index contributed by atoms with van der Waals surface area (Å²) in [5.74, 6) is -1.73. The van der Waals surface area contributed by atoms with E-state index in [0.29, 0.717) is 6.61 Å². The Kier molecular flexibility index (Phi) is 4.03. The lowest BCUT2D eigenvalue weighted by atomic mass is 9.41. The van der Waals surface area contributed by atoms with Gasteiger partial charge in [-0.15, -0.1) is 0 Å². The van der Waals surface area contributed by atoms with Crippen molar-refractivity contribution in [2.45, 2.75) is 37.9 Å². The van der Waals surface area contributed by atoms with Crippen molar-refractivity contribution in [3.63, 3.8) is 0 Å². The van der Waals surface area contributed by atoms with Gasteiger partial charge in [-0.25, -0.2) is 0 Å². The van der Waals surface area contributed by atoms with Gasteiger partial charge in [0.15, 0.2) is 0 Å². The molecule has 3 unspecified atom stereocenters. The van der Waals surface area contributed by atoms with Crippen LogP contribution >= 0.6 is 0 Å². The lowest BCUT2D eigenvalue weighted by Crippen LogP contribution is -2.62. The van der Waals surface area contributed by atoms with Crippen molar-refractivity contribution in [1.29, 1.82) is 0 Å². The maximum Gasteiger partial charge on any atom is 0.321 e. The van der Waals surface area contributed by atoms with Crippen LogP contribution in [0.1, 0.15) is 47.6 Å². The Hall–Kier alpha value is -3.24. The fraction of sp³-hybridized carbons (Fsp3) is 0.286. The van der Waals surface area contributed by atoms with Crippen molar-refractivity contribution in [2.24, 2.45) is 11.3 Å². The maximum absolute atomic E-state index is 13.3. The molecule has 0 amide bonds. The molecule has 1 fully saturated rings. The number of hydrogen-bond acceptors (Lipinski definition) is 4. The zero-order chi connectivity index (χ0) is 22.1. The van der Waals surface area contributed by atoms with E-state index in [1.165, 1.54) is 0 Å². The average molecular weight is 424 g/mol. The Bertz CT molecular complexity index is 1200. The van der Waals surface area contributed by atoms with E-state index in [1.807, 2.05) is 68.4 Å². The molecule has 4 heteroatoms. The number of hydrogen-bond donors (Lipinski definition) is 0. The molecule has 3 aromatic carbocycles. The third-order valence-electron chi connectivity index (χ3n) is 7.94. The Morgan fingerprint density at radius 2 is 1.44 bits per heavy atom. The summed E-state index contributed by atoms with van der Waals surface area (Å²) in [4.78, 5) is 26.5. The summed E-state index contributed by atoms with van der Waals surface area (Å²) in [6.45, 7) is 4.35. The highest BCUT2D eigenvalue weighted by Gasteiger charge is 2.75. The number of ether oxygens (including phenoxy) is 2. The summed E-state index contributed by atoms with van der Waals surface area (Å²) in [6, 6.07) is 26.4. The van der Waals surface area contributed by atoms with Gasteiger partial charge in [0, 0.05) is 5.92 Å². The molecule has 0 N–H and O–H groups in total. The summed E-state index contributed by atoms with van der Waals surface area (Å²) in [5.41, 5.74) is 3.60. The zero-order valence-electron chi connectivity index (χ0n) is 18.1. The molecule has 0 radical (unpaired) electrons. The van der Waals surface area contributed by atoms with Gasteiger partial charge in [-0.05, 0) is 41.7 Å². The van der Waals surface area contributed by atoms with E-state index in [-0.39, 0.29) is 12.0 Å². The second kappa shape index (κ2) is 6.63. The topological polar surface area (TPSA) is 52.6 Å². The van der Waals surface area contributed by atoms with Gasteiger partial charge in [0.2, 0.25) is 0 Å². The van der Waals surface area contributed by atoms with Crippen molar-refractivity contribution in [3.8, 4) is 0 Å². The fourth-order valence-electron chi connectivity index (χ4n) is 6.69. The zero-order valence-corrected chi connectivity index (χ0v) is 18.1. The second-order valence-corrected chi connectivity index (χ2v) is 9.34. The van der Waals surface area contributed by atoms with Crippen molar-refractivity contribution >= 4 is 11.9 Å². The van der Waals surface area contributed by atoms with Gasteiger partial charge in [0.25, 0.3) is 0 Å². The van der Waals surface area contributed by atoms with Gasteiger partial charge in [0.1, 0.15) is 0 Å². The minimum absolute atomic E-state index is 0.220. The molecule has 3 atom stereocenters. The normalized spacial score (nSPS) is 30.3. The molecular weight excluding hydrogens is 400 g/mol. The van der Waals surface area contributed by atoms with Crippen LogP contribution in [0.3, 0.4) is 0 Å². The van der Waals surface area contributed by atoms with Crippen LogP contribution < -0.4 is 0 Å². The molecule has 3 aromatic rings. The van der Waals surface area contributed by atoms with Crippen LogP contribution in [-0.4, -0.2) is 18.0 Å². The smallest absolute Gasteiger partial charge is 0.321 e. The van der Waals surface area contributed by atoms with Crippen LogP contribution in [0.5, 0.6) is 0 Å². The van der Waals surface area contributed by atoms with E-state index in [4.69, 9.17) is 9.47 Å².